The minimum absolute atomic E-state index is 0.0230. The van der Waals surface area contributed by atoms with Gasteiger partial charge in [0.25, 0.3) is 11.8 Å². The molecule has 1 saturated carbocycles. The van der Waals surface area contributed by atoms with Crippen molar-refractivity contribution < 1.29 is 33.1 Å². The van der Waals surface area contributed by atoms with Gasteiger partial charge in [0, 0.05) is 25.7 Å². The lowest BCUT2D eigenvalue weighted by Crippen LogP contribution is -2.60. The third kappa shape index (κ3) is 5.25. The van der Waals surface area contributed by atoms with Crippen LogP contribution in [0.15, 0.2) is 113 Å². The molecule has 3 fully saturated rings. The van der Waals surface area contributed by atoms with E-state index in [1.165, 1.54) is 18.2 Å². The third-order valence-corrected chi connectivity index (χ3v) is 12.4. The van der Waals surface area contributed by atoms with Crippen molar-refractivity contribution in [3.8, 4) is 5.75 Å². The zero-order chi connectivity index (χ0) is 38.3. The lowest BCUT2D eigenvalue weighted by atomic mass is 9.56. The van der Waals surface area contributed by atoms with Crippen molar-refractivity contribution in [3.63, 3.8) is 0 Å². The maximum atomic E-state index is 15.0. The highest BCUT2D eigenvalue weighted by Gasteiger charge is 2.76. The molecule has 0 aromatic heterocycles. The Morgan fingerprint density at radius 1 is 0.759 bits per heavy atom. The largest absolute Gasteiger partial charge is 0.505 e. The molecule has 4 aromatic carbocycles. The number of hydrogen-bond acceptors (Lipinski definition) is 8. The molecule has 54 heavy (non-hydrogen) atoms. The van der Waals surface area contributed by atoms with Crippen molar-refractivity contribution >= 4 is 75.3 Å². The van der Waals surface area contributed by atoms with Gasteiger partial charge < -0.3 is 10.0 Å². The van der Waals surface area contributed by atoms with Crippen molar-refractivity contribution in [1.82, 2.24) is 0 Å². The number of azo groups is 1. The smallest absolute Gasteiger partial charge is 0.258 e. The maximum Gasteiger partial charge on any atom is 0.258 e. The normalized spacial score (nSPS) is 27.6. The summed E-state index contributed by atoms with van der Waals surface area (Å²) in [6.07, 6.45) is 1.52. The van der Waals surface area contributed by atoms with E-state index in [4.69, 9.17) is 23.2 Å². The first-order chi connectivity index (χ1) is 25.7. The van der Waals surface area contributed by atoms with Crippen LogP contribution in [0.5, 0.6) is 5.75 Å². The molecule has 4 amide bonds. The predicted molar refractivity (Wildman–Crippen MR) is 199 cm³/mol. The number of phenols is 1. The van der Waals surface area contributed by atoms with Gasteiger partial charge in [0.1, 0.15) is 5.82 Å². The predicted octanol–water partition coefficient (Wildman–Crippen LogP) is 7.92. The zero-order valence-electron chi connectivity index (χ0n) is 28.8. The van der Waals surface area contributed by atoms with E-state index in [0.29, 0.717) is 22.6 Å². The van der Waals surface area contributed by atoms with E-state index in [1.807, 2.05) is 43.3 Å². The molecule has 2 aliphatic heterocycles. The number of carbonyl (C=O) groups is 4. The van der Waals surface area contributed by atoms with Crippen molar-refractivity contribution in [3.05, 3.63) is 120 Å². The number of fused-ring (bicyclic) bond motifs is 4. The fourth-order valence-electron chi connectivity index (χ4n) is 8.33. The van der Waals surface area contributed by atoms with E-state index in [9.17, 15) is 33.1 Å². The van der Waals surface area contributed by atoms with E-state index >= 15 is 0 Å². The molecule has 2 heterocycles. The number of alkyl halides is 2. The summed E-state index contributed by atoms with van der Waals surface area (Å²) in [6.45, 7) is 0. The van der Waals surface area contributed by atoms with Crippen LogP contribution in [-0.4, -0.2) is 52.6 Å². The monoisotopic (exact) mass is 769 g/mol. The zero-order valence-corrected chi connectivity index (χ0v) is 30.3. The van der Waals surface area contributed by atoms with Crippen molar-refractivity contribution in [2.75, 3.05) is 28.8 Å². The highest BCUT2D eigenvalue weighted by Crippen LogP contribution is 2.66. The molecule has 2 saturated heterocycles. The van der Waals surface area contributed by atoms with Gasteiger partial charge in [-0.2, -0.15) is 10.2 Å². The number of allylic oxidation sites excluding steroid dienone is 2. The van der Waals surface area contributed by atoms with Crippen molar-refractivity contribution in [2.24, 2.45) is 28.0 Å². The Hall–Kier alpha value is -5.46. The summed E-state index contributed by atoms with van der Waals surface area (Å²) < 4.78 is 28.9. The molecule has 0 bridgehead atoms. The number of imide groups is 2. The van der Waals surface area contributed by atoms with Gasteiger partial charge in [0.2, 0.25) is 11.8 Å². The number of benzene rings is 4. The van der Waals surface area contributed by atoms with Crippen LogP contribution in [0, 0.1) is 29.4 Å². The first-order valence-corrected chi connectivity index (χ1v) is 17.9. The number of rotatable bonds is 6. The van der Waals surface area contributed by atoms with E-state index in [2.05, 4.69) is 10.2 Å². The topological polar surface area (TPSA) is 123 Å². The number of nitrogens with zero attached hydrogens (tertiary/aromatic N) is 5. The molecule has 6 atom stereocenters. The van der Waals surface area contributed by atoms with E-state index in [-0.39, 0.29) is 24.1 Å². The molecule has 274 valence electrons. The van der Waals surface area contributed by atoms with Gasteiger partial charge >= 0.3 is 0 Å². The molecule has 14 heteroatoms. The van der Waals surface area contributed by atoms with Gasteiger partial charge in [-0.1, -0.05) is 17.7 Å². The molecule has 8 rings (SSSR count). The molecule has 1 N–H and O–H groups in total. The Kier molecular flexibility index (Phi) is 8.46. The molecule has 10 nitrogen and oxygen atoms in total. The summed E-state index contributed by atoms with van der Waals surface area (Å²) in [7, 11) is 3.87. The van der Waals surface area contributed by atoms with Crippen LogP contribution >= 0.6 is 23.2 Å². The molecule has 0 radical (unpaired) electrons. The maximum absolute atomic E-state index is 15.0. The van der Waals surface area contributed by atoms with E-state index in [0.717, 1.165) is 39.8 Å². The number of hydrogen-bond donors (Lipinski definition) is 1. The standard InChI is InChI=1S/C40H31Cl2F2N5O5/c1-47(2)25-12-6-23(7-13-25)45-46-24-8-14-26(15-9-24)48-35(51)29-17-16-28-30(33(29)36(48)52)20-39(41)37(53)49(27-10-4-22(43)5-11-27)38(54)40(39,42)34(28)21-3-18-32(50)31(44)19-21/h3-16,18-19,29-30,33-34,50H,17,20H2,1-2H3/t29-,30+,33-,34-,39+,40-/m0/s1. The number of carbonyl (C=O) groups excluding carboxylic acids is 4. The molecule has 4 aromatic rings. The molecule has 4 aliphatic rings. The Morgan fingerprint density at radius 3 is 1.96 bits per heavy atom. The summed E-state index contributed by atoms with van der Waals surface area (Å²) in [5, 5.41) is 18.6. The van der Waals surface area contributed by atoms with Crippen LogP contribution in [0.1, 0.15) is 24.3 Å². The van der Waals surface area contributed by atoms with Crippen LogP contribution in [0.4, 0.5) is 37.2 Å². The number of halogens is 4. The minimum Gasteiger partial charge on any atom is -0.505 e. The fraction of sp³-hybridized carbons (Fsp3) is 0.250. The fourth-order valence-corrected chi connectivity index (χ4v) is 9.27. The summed E-state index contributed by atoms with van der Waals surface area (Å²) in [5.74, 6) is -8.97. The third-order valence-electron chi connectivity index (χ3n) is 11.0. The first-order valence-electron chi connectivity index (χ1n) is 17.1. The van der Waals surface area contributed by atoms with Crippen molar-refractivity contribution in [2.45, 2.75) is 28.5 Å². The number of aromatic hydroxyl groups is 1. The van der Waals surface area contributed by atoms with Crippen LogP contribution < -0.4 is 14.7 Å². The Bertz CT molecular complexity index is 2300. The van der Waals surface area contributed by atoms with Crippen LogP contribution in [0.25, 0.3) is 0 Å². The highest BCUT2D eigenvalue weighted by atomic mass is 35.5. The Morgan fingerprint density at radius 2 is 1.35 bits per heavy atom. The quantitative estimate of drug-likeness (QED) is 0.0921. The summed E-state index contributed by atoms with van der Waals surface area (Å²) >= 11 is 14.6. The average Bonchev–Trinajstić information content (AvgIpc) is 3.50. The average molecular weight is 771 g/mol. The number of phenolic OH excluding ortho intramolecular Hbond substituents is 1. The van der Waals surface area contributed by atoms with Gasteiger partial charge in [-0.15, -0.1) is 23.2 Å². The van der Waals surface area contributed by atoms with Gasteiger partial charge in [0.05, 0.1) is 34.6 Å². The summed E-state index contributed by atoms with van der Waals surface area (Å²) in [5.41, 5.74) is 3.06. The molecule has 0 unspecified atom stereocenters. The SMILES string of the molecule is CN(C)c1ccc(N=Nc2ccc(N3C(=O)[C@H]4[C@H](CC=C5[C@H]4C[C@@]4(Cl)C(=O)N(c6ccc(F)cc6)C(=O)[C@@]4(Cl)[C@H]5c4ccc(O)c(F)c4)C3=O)cc2)cc1. The van der Waals surface area contributed by atoms with Crippen LogP contribution in [0.2, 0.25) is 0 Å². The number of amides is 4. The molecule has 0 spiro atoms. The summed E-state index contributed by atoms with van der Waals surface area (Å²) in [4.78, 5) is 56.7. The Balaban J connectivity index is 1.15. The molecular weight excluding hydrogens is 739 g/mol. The molecular formula is C40H31Cl2F2N5O5. The highest BCUT2D eigenvalue weighted by molar-refractivity contribution is 6.58. The van der Waals surface area contributed by atoms with Gasteiger partial charge in [-0.05, 0) is 109 Å². The number of anilines is 3. The lowest BCUT2D eigenvalue weighted by Gasteiger charge is -2.50. The molecule has 2 aliphatic carbocycles. The second kappa shape index (κ2) is 12.8. The van der Waals surface area contributed by atoms with Crippen LogP contribution in [0.3, 0.4) is 0 Å². The first kappa shape index (κ1) is 35.6. The van der Waals surface area contributed by atoms with E-state index in [1.54, 1.807) is 30.3 Å². The van der Waals surface area contributed by atoms with Gasteiger partial charge in [-0.3, -0.25) is 24.1 Å². The van der Waals surface area contributed by atoms with Crippen LogP contribution in [-0.2, 0) is 19.2 Å². The van der Waals surface area contributed by atoms with Gasteiger partial charge in [-0.25, -0.2) is 13.7 Å². The van der Waals surface area contributed by atoms with Crippen molar-refractivity contribution in [1.29, 1.82) is 0 Å². The van der Waals surface area contributed by atoms with E-state index < -0.39 is 74.4 Å². The summed E-state index contributed by atoms with van der Waals surface area (Å²) in [6, 6.07) is 22.1. The second-order valence-electron chi connectivity index (χ2n) is 14.1. The lowest BCUT2D eigenvalue weighted by molar-refractivity contribution is -0.125. The minimum atomic E-state index is -2.23. The second-order valence-corrected chi connectivity index (χ2v) is 15.3. The Labute approximate surface area is 318 Å². The van der Waals surface area contributed by atoms with Gasteiger partial charge in [0.15, 0.2) is 21.3 Å².